The number of phenols is 1. The van der Waals surface area contributed by atoms with Crippen molar-refractivity contribution in [2.45, 2.75) is 24.7 Å². The number of aromatic nitrogens is 2. The number of H-pyrrole nitrogens is 2. The molecule has 0 bridgehead atoms. The van der Waals surface area contributed by atoms with E-state index in [0.717, 1.165) is 4.88 Å². The zero-order chi connectivity index (χ0) is 21.7. The molecule has 158 valence electrons. The van der Waals surface area contributed by atoms with E-state index in [4.69, 9.17) is 4.74 Å². The first-order valence-electron chi connectivity index (χ1n) is 9.76. The Labute approximate surface area is 180 Å². The van der Waals surface area contributed by atoms with E-state index < -0.39 is 17.2 Å². The minimum atomic E-state index is -0.722. The molecule has 0 amide bonds. The van der Waals surface area contributed by atoms with E-state index in [-0.39, 0.29) is 34.6 Å². The fourth-order valence-electron chi connectivity index (χ4n) is 4.49. The highest BCUT2D eigenvalue weighted by Crippen LogP contribution is 2.47. The van der Waals surface area contributed by atoms with Crippen LogP contribution in [0.1, 0.15) is 40.7 Å². The highest BCUT2D eigenvalue weighted by Gasteiger charge is 2.40. The number of phenolic OH excluding ortho intramolecular Hbond substituents is 1. The van der Waals surface area contributed by atoms with Crippen molar-refractivity contribution in [2.75, 3.05) is 12.4 Å². The zero-order valence-corrected chi connectivity index (χ0v) is 17.3. The van der Waals surface area contributed by atoms with Crippen LogP contribution in [0.2, 0.25) is 0 Å². The number of Topliss-reactive ketones (excluding diaryl/α,β-unsaturated/α-hetero) is 1. The molecule has 3 aromatic rings. The van der Waals surface area contributed by atoms with Gasteiger partial charge >= 0.3 is 5.69 Å². The van der Waals surface area contributed by atoms with Crippen LogP contribution in [0.4, 0.5) is 5.82 Å². The number of nitrogens with one attached hydrogen (secondary N) is 3. The summed E-state index contributed by atoms with van der Waals surface area (Å²) in [7, 11) is 1.44. The number of carbonyl (C=O) groups is 1. The average molecular weight is 437 g/mol. The van der Waals surface area contributed by atoms with Gasteiger partial charge in [0, 0.05) is 34.4 Å². The van der Waals surface area contributed by atoms with Crippen LogP contribution < -0.4 is 21.3 Å². The molecule has 0 radical (unpaired) electrons. The van der Waals surface area contributed by atoms with Crippen LogP contribution >= 0.6 is 11.3 Å². The molecule has 3 heterocycles. The molecule has 9 heteroatoms. The molecule has 4 N–H and O–H groups in total. The number of aromatic hydroxyl groups is 1. The summed E-state index contributed by atoms with van der Waals surface area (Å²) in [6, 6.07) is 8.77. The van der Waals surface area contributed by atoms with Crippen LogP contribution in [-0.4, -0.2) is 28.0 Å². The summed E-state index contributed by atoms with van der Waals surface area (Å²) < 4.78 is 5.12. The molecular formula is C22H19N3O5S. The highest BCUT2D eigenvalue weighted by molar-refractivity contribution is 7.10. The first-order chi connectivity index (χ1) is 15.0. The van der Waals surface area contributed by atoms with Gasteiger partial charge in [-0.25, -0.2) is 4.79 Å². The quantitative estimate of drug-likeness (QED) is 0.500. The number of hydrogen-bond donors (Lipinski definition) is 4. The number of carbonyl (C=O) groups excluding carboxylic acids is 1. The van der Waals surface area contributed by atoms with Gasteiger partial charge in [0.1, 0.15) is 5.82 Å². The fraction of sp³-hybridized carbons (Fsp3) is 0.227. The summed E-state index contributed by atoms with van der Waals surface area (Å²) >= 11 is 1.60. The number of thiophene rings is 1. The van der Waals surface area contributed by atoms with Crippen LogP contribution in [-0.2, 0) is 4.79 Å². The summed E-state index contributed by atoms with van der Waals surface area (Å²) in [6.45, 7) is 0. The number of allylic oxidation sites excluding steroid dienone is 2. The number of hydrogen-bond acceptors (Lipinski definition) is 7. The molecule has 2 atom stereocenters. The molecule has 0 spiro atoms. The predicted octanol–water partition coefficient (Wildman–Crippen LogP) is 2.80. The van der Waals surface area contributed by atoms with E-state index in [1.807, 2.05) is 17.5 Å². The van der Waals surface area contributed by atoms with Crippen LogP contribution in [0, 0.1) is 0 Å². The number of fused-ring (bicyclic) bond motifs is 1. The smallest absolute Gasteiger partial charge is 0.327 e. The van der Waals surface area contributed by atoms with Crippen LogP contribution in [0.3, 0.4) is 0 Å². The molecule has 31 heavy (non-hydrogen) atoms. The van der Waals surface area contributed by atoms with Gasteiger partial charge in [0.05, 0.1) is 12.7 Å². The van der Waals surface area contributed by atoms with E-state index in [1.165, 1.54) is 13.2 Å². The Morgan fingerprint density at radius 2 is 1.97 bits per heavy atom. The second kappa shape index (κ2) is 7.28. The van der Waals surface area contributed by atoms with E-state index >= 15 is 0 Å². The van der Waals surface area contributed by atoms with Crippen molar-refractivity contribution < 1.29 is 14.6 Å². The van der Waals surface area contributed by atoms with E-state index in [1.54, 1.807) is 23.5 Å². The van der Waals surface area contributed by atoms with Crippen molar-refractivity contribution in [1.29, 1.82) is 0 Å². The summed E-state index contributed by atoms with van der Waals surface area (Å²) in [6.07, 6.45) is 0.907. The third kappa shape index (κ3) is 3.17. The summed E-state index contributed by atoms with van der Waals surface area (Å²) in [5, 5.41) is 15.4. The van der Waals surface area contributed by atoms with E-state index in [0.29, 0.717) is 29.7 Å². The molecule has 2 aliphatic rings. The van der Waals surface area contributed by atoms with Crippen molar-refractivity contribution in [1.82, 2.24) is 9.97 Å². The average Bonchev–Trinajstić information content (AvgIpc) is 3.27. The molecule has 1 aromatic carbocycles. The topological polar surface area (TPSA) is 124 Å². The Kier molecular flexibility index (Phi) is 4.55. The maximum atomic E-state index is 13.3. The SMILES string of the molecule is COc1ccc([C@@H]2C3=C(C[C@H](c4cccs4)CC3=O)Nc3[nH]c(=O)[nH]c(=O)c32)cc1O. The summed E-state index contributed by atoms with van der Waals surface area (Å²) in [5.74, 6) is -0.298. The first-order valence-corrected chi connectivity index (χ1v) is 10.6. The molecule has 1 aliphatic heterocycles. The predicted molar refractivity (Wildman–Crippen MR) is 116 cm³/mol. The first kappa shape index (κ1) is 19.4. The second-order valence-corrected chi connectivity index (χ2v) is 8.60. The van der Waals surface area contributed by atoms with Crippen molar-refractivity contribution >= 4 is 22.9 Å². The molecule has 0 saturated heterocycles. The molecule has 0 fully saturated rings. The van der Waals surface area contributed by atoms with E-state index in [2.05, 4.69) is 15.3 Å². The Balaban J connectivity index is 1.70. The standard InChI is InChI=1S/C22H19N3O5S/c1-30-15-5-4-10(8-13(15)26)17-18-12(23-20-19(17)21(28)25-22(29)24-20)7-11(9-14(18)27)16-3-2-6-31-16/h2-6,8,11,17,26H,7,9H2,1H3,(H3,23,24,25,28,29)/t11-,17+/m0/s1. The molecule has 5 rings (SSSR count). The molecule has 1 aliphatic carbocycles. The number of anilines is 1. The Morgan fingerprint density at radius 3 is 2.68 bits per heavy atom. The third-order valence-electron chi connectivity index (χ3n) is 5.82. The summed E-state index contributed by atoms with van der Waals surface area (Å²) in [4.78, 5) is 44.1. The number of ketones is 1. The maximum absolute atomic E-state index is 13.3. The Hall–Kier alpha value is -3.59. The number of rotatable bonds is 3. The fourth-order valence-corrected chi connectivity index (χ4v) is 5.32. The largest absolute Gasteiger partial charge is 0.504 e. The molecular weight excluding hydrogens is 418 g/mol. The van der Waals surface area contributed by atoms with Gasteiger partial charge in [0.2, 0.25) is 0 Å². The molecule has 2 aromatic heterocycles. The van der Waals surface area contributed by atoms with Crippen LogP contribution in [0.5, 0.6) is 11.5 Å². The lowest BCUT2D eigenvalue weighted by atomic mass is 9.73. The van der Waals surface area contributed by atoms with Gasteiger partial charge in [-0.15, -0.1) is 11.3 Å². The van der Waals surface area contributed by atoms with Crippen LogP contribution in [0.15, 0.2) is 56.6 Å². The summed E-state index contributed by atoms with van der Waals surface area (Å²) in [5.41, 5.74) is 0.769. The third-order valence-corrected chi connectivity index (χ3v) is 6.86. The normalized spacial score (nSPS) is 20.1. The monoisotopic (exact) mass is 437 g/mol. The van der Waals surface area contributed by atoms with Gasteiger partial charge in [-0.2, -0.15) is 0 Å². The van der Waals surface area contributed by atoms with Crippen molar-refractivity contribution in [3.8, 4) is 11.5 Å². The van der Waals surface area contributed by atoms with Gasteiger partial charge in [0.25, 0.3) is 5.56 Å². The lowest BCUT2D eigenvalue weighted by molar-refractivity contribution is -0.116. The Morgan fingerprint density at radius 1 is 1.13 bits per heavy atom. The lowest BCUT2D eigenvalue weighted by Crippen LogP contribution is -2.37. The minimum Gasteiger partial charge on any atom is -0.504 e. The Bertz CT molecular complexity index is 1340. The number of benzene rings is 1. The van der Waals surface area contributed by atoms with Gasteiger partial charge in [0.15, 0.2) is 17.3 Å². The van der Waals surface area contributed by atoms with Crippen molar-refractivity contribution in [2.24, 2.45) is 0 Å². The van der Waals surface area contributed by atoms with Crippen LogP contribution in [0.25, 0.3) is 0 Å². The van der Waals surface area contributed by atoms with E-state index in [9.17, 15) is 19.5 Å². The van der Waals surface area contributed by atoms with Gasteiger partial charge in [-0.1, -0.05) is 12.1 Å². The minimum absolute atomic E-state index is 0.0268. The van der Waals surface area contributed by atoms with Gasteiger partial charge in [-0.3, -0.25) is 19.6 Å². The second-order valence-electron chi connectivity index (χ2n) is 7.62. The highest BCUT2D eigenvalue weighted by atomic mass is 32.1. The van der Waals surface area contributed by atoms with Crippen molar-refractivity contribution in [3.63, 3.8) is 0 Å². The number of ether oxygens (including phenoxy) is 1. The molecule has 8 nitrogen and oxygen atoms in total. The molecule has 0 saturated carbocycles. The zero-order valence-electron chi connectivity index (χ0n) is 16.5. The lowest BCUT2D eigenvalue weighted by Gasteiger charge is -2.35. The van der Waals surface area contributed by atoms with Gasteiger partial charge in [-0.05, 0) is 35.6 Å². The van der Waals surface area contributed by atoms with Crippen molar-refractivity contribution in [3.05, 3.63) is 83.8 Å². The maximum Gasteiger partial charge on any atom is 0.327 e. The molecule has 0 unspecified atom stereocenters. The van der Waals surface area contributed by atoms with Gasteiger partial charge < -0.3 is 15.2 Å². The number of methoxy groups -OCH3 is 1. The number of aromatic amines is 2.